The van der Waals surface area contributed by atoms with Crippen molar-refractivity contribution in [1.29, 1.82) is 0 Å². The third kappa shape index (κ3) is 4.62. The molecule has 0 aliphatic carbocycles. The minimum atomic E-state index is -4.92. The lowest BCUT2D eigenvalue weighted by Crippen LogP contribution is -2.43. The molecule has 172 valence electrons. The maximum atomic E-state index is 13.9. The van der Waals surface area contributed by atoms with E-state index in [1.165, 1.54) is 36.4 Å². The molecular weight excluding hydrogens is 445 g/mol. The average Bonchev–Trinajstić information content (AvgIpc) is 2.70. The van der Waals surface area contributed by atoms with Crippen molar-refractivity contribution in [3.05, 3.63) is 63.0 Å². The minimum absolute atomic E-state index is 0. The normalized spacial score (nSPS) is 15.7. The van der Waals surface area contributed by atoms with E-state index >= 15 is 0 Å². The molecule has 0 atom stereocenters. The highest BCUT2D eigenvalue weighted by Crippen LogP contribution is 2.39. The SMILES string of the molecule is C.CN1CCN(Cc2c(O)ccc3c(=O)c(-c4cccc(Cl)c4)c(C(F)(F)F)oc23)CC1. The van der Waals surface area contributed by atoms with Crippen LogP contribution >= 0.6 is 11.6 Å². The summed E-state index contributed by atoms with van der Waals surface area (Å²) in [6, 6.07) is 8.26. The van der Waals surface area contributed by atoms with Gasteiger partial charge < -0.3 is 14.4 Å². The highest BCUT2D eigenvalue weighted by Gasteiger charge is 2.40. The van der Waals surface area contributed by atoms with Crippen molar-refractivity contribution < 1.29 is 22.7 Å². The van der Waals surface area contributed by atoms with Crippen molar-refractivity contribution in [2.75, 3.05) is 33.2 Å². The zero-order valence-corrected chi connectivity index (χ0v) is 17.4. The number of hydrogen-bond acceptors (Lipinski definition) is 5. The van der Waals surface area contributed by atoms with E-state index in [1.54, 1.807) is 0 Å². The summed E-state index contributed by atoms with van der Waals surface area (Å²) in [5.41, 5.74) is -1.48. The van der Waals surface area contributed by atoms with Crippen molar-refractivity contribution in [2.45, 2.75) is 20.1 Å². The maximum Gasteiger partial charge on any atom is 0.450 e. The molecule has 0 saturated carbocycles. The smallest absolute Gasteiger partial charge is 0.450 e. The predicted octanol–water partition coefficient (Wildman–Crippen LogP) is 5.22. The molecule has 4 rings (SSSR count). The number of alkyl halides is 3. The molecular formula is C23H24ClF3N2O3. The molecule has 0 amide bonds. The molecule has 1 aromatic heterocycles. The summed E-state index contributed by atoms with van der Waals surface area (Å²) >= 11 is 5.94. The summed E-state index contributed by atoms with van der Waals surface area (Å²) in [4.78, 5) is 17.3. The molecule has 32 heavy (non-hydrogen) atoms. The van der Waals surface area contributed by atoms with Gasteiger partial charge in [0, 0.05) is 37.7 Å². The van der Waals surface area contributed by atoms with Crippen LogP contribution in [0.5, 0.6) is 5.75 Å². The van der Waals surface area contributed by atoms with E-state index < -0.39 is 22.9 Å². The van der Waals surface area contributed by atoms with E-state index in [0.717, 1.165) is 13.1 Å². The van der Waals surface area contributed by atoms with Gasteiger partial charge in [-0.25, -0.2) is 0 Å². The molecule has 1 fully saturated rings. The Labute approximate surface area is 188 Å². The van der Waals surface area contributed by atoms with Gasteiger partial charge in [0.15, 0.2) is 0 Å². The predicted molar refractivity (Wildman–Crippen MR) is 119 cm³/mol. The van der Waals surface area contributed by atoms with Gasteiger partial charge in [-0.05, 0) is 36.9 Å². The van der Waals surface area contributed by atoms with Crippen LogP contribution in [0.25, 0.3) is 22.1 Å². The molecule has 5 nitrogen and oxygen atoms in total. The number of aromatic hydroxyl groups is 1. The molecule has 0 bridgehead atoms. The fourth-order valence-electron chi connectivity index (χ4n) is 3.79. The number of halogens is 4. The second-order valence-electron chi connectivity index (χ2n) is 7.66. The Kier molecular flexibility index (Phi) is 6.88. The molecule has 1 aliphatic rings. The molecule has 3 aromatic rings. The number of hydrogen-bond donors (Lipinski definition) is 1. The second-order valence-corrected chi connectivity index (χ2v) is 8.10. The van der Waals surface area contributed by atoms with Crippen LogP contribution < -0.4 is 5.43 Å². The van der Waals surface area contributed by atoms with Gasteiger partial charge in [0.05, 0.1) is 16.5 Å². The van der Waals surface area contributed by atoms with E-state index in [2.05, 4.69) is 4.90 Å². The van der Waals surface area contributed by atoms with E-state index in [1.807, 2.05) is 11.9 Å². The van der Waals surface area contributed by atoms with Gasteiger partial charge in [0.2, 0.25) is 11.2 Å². The third-order valence-electron chi connectivity index (χ3n) is 5.49. The summed E-state index contributed by atoms with van der Waals surface area (Å²) in [5.74, 6) is -1.62. The molecule has 1 aliphatic heterocycles. The van der Waals surface area contributed by atoms with Gasteiger partial charge in [0.25, 0.3) is 0 Å². The molecule has 9 heteroatoms. The Hall–Kier alpha value is -2.55. The highest BCUT2D eigenvalue weighted by atomic mass is 35.5. The van der Waals surface area contributed by atoms with Crippen molar-refractivity contribution in [2.24, 2.45) is 0 Å². The number of benzene rings is 2. The molecule has 2 heterocycles. The molecule has 1 N–H and O–H groups in total. The van der Waals surface area contributed by atoms with Crippen molar-refractivity contribution in [1.82, 2.24) is 9.80 Å². The van der Waals surface area contributed by atoms with E-state index in [0.29, 0.717) is 13.1 Å². The van der Waals surface area contributed by atoms with Crippen LogP contribution in [0.1, 0.15) is 18.8 Å². The number of piperazine rings is 1. The fourth-order valence-corrected chi connectivity index (χ4v) is 3.98. The van der Waals surface area contributed by atoms with Gasteiger partial charge in [-0.2, -0.15) is 13.2 Å². The van der Waals surface area contributed by atoms with Gasteiger partial charge in [0.1, 0.15) is 11.3 Å². The van der Waals surface area contributed by atoms with Crippen LogP contribution in [0.2, 0.25) is 5.02 Å². The van der Waals surface area contributed by atoms with Crippen LogP contribution in [0.3, 0.4) is 0 Å². The lowest BCUT2D eigenvalue weighted by Gasteiger charge is -2.32. The van der Waals surface area contributed by atoms with Gasteiger partial charge in [-0.15, -0.1) is 0 Å². The number of phenols is 1. The topological polar surface area (TPSA) is 56.9 Å². The van der Waals surface area contributed by atoms with Crippen LogP contribution in [-0.2, 0) is 12.7 Å². The number of rotatable bonds is 3. The Morgan fingerprint density at radius 3 is 2.44 bits per heavy atom. The molecule has 0 unspecified atom stereocenters. The quantitative estimate of drug-likeness (QED) is 0.571. The zero-order chi connectivity index (χ0) is 22.3. The van der Waals surface area contributed by atoms with Crippen LogP contribution in [0.15, 0.2) is 45.6 Å². The third-order valence-corrected chi connectivity index (χ3v) is 5.72. The number of nitrogens with zero attached hydrogens (tertiary/aromatic N) is 2. The molecule has 0 spiro atoms. The van der Waals surface area contributed by atoms with E-state index in [9.17, 15) is 23.1 Å². The maximum absolute atomic E-state index is 13.9. The van der Waals surface area contributed by atoms with E-state index in [4.69, 9.17) is 16.0 Å². The van der Waals surface area contributed by atoms with Gasteiger partial charge in [-0.1, -0.05) is 31.2 Å². The molecule has 0 radical (unpaired) electrons. The number of fused-ring (bicyclic) bond motifs is 1. The van der Waals surface area contributed by atoms with Gasteiger partial charge >= 0.3 is 6.18 Å². The van der Waals surface area contributed by atoms with Crippen LogP contribution in [0.4, 0.5) is 13.2 Å². The summed E-state index contributed by atoms with van der Waals surface area (Å²) in [5, 5.41) is 10.6. The highest BCUT2D eigenvalue weighted by molar-refractivity contribution is 6.30. The monoisotopic (exact) mass is 468 g/mol. The van der Waals surface area contributed by atoms with Crippen molar-refractivity contribution in [3.63, 3.8) is 0 Å². The number of phenolic OH excluding ortho intramolecular Hbond substituents is 1. The Balaban J connectivity index is 0.00000289. The first-order chi connectivity index (χ1) is 14.6. The number of likely N-dealkylation sites (N-methyl/N-ethyl adjacent to an activating group) is 1. The Morgan fingerprint density at radius 2 is 1.81 bits per heavy atom. The van der Waals surface area contributed by atoms with Crippen molar-refractivity contribution in [3.8, 4) is 16.9 Å². The van der Waals surface area contributed by atoms with Crippen LogP contribution in [-0.4, -0.2) is 48.1 Å². The Morgan fingerprint density at radius 1 is 1.12 bits per heavy atom. The molecule has 2 aromatic carbocycles. The first-order valence-corrected chi connectivity index (χ1v) is 10.1. The standard InChI is InChI=1S/C22H20ClF3N2O3.CH4/c1-27-7-9-28(10-8-27)12-16-17(29)6-5-15-19(30)18(13-3-2-4-14(23)11-13)21(22(24,25)26)31-20(15)16;/h2-6,11,29H,7-10,12H2,1H3;1H4. The Bertz CT molecular complexity index is 1190. The first kappa shape index (κ1) is 24.1. The summed E-state index contributed by atoms with van der Waals surface area (Å²) in [7, 11) is 1.98. The average molecular weight is 469 g/mol. The lowest BCUT2D eigenvalue weighted by atomic mass is 10.00. The minimum Gasteiger partial charge on any atom is -0.507 e. The first-order valence-electron chi connectivity index (χ1n) is 9.71. The van der Waals surface area contributed by atoms with Crippen molar-refractivity contribution >= 4 is 22.6 Å². The summed E-state index contributed by atoms with van der Waals surface area (Å²) in [6.07, 6.45) is -4.92. The van der Waals surface area contributed by atoms with E-state index in [-0.39, 0.29) is 46.8 Å². The lowest BCUT2D eigenvalue weighted by molar-refractivity contribution is -0.152. The largest absolute Gasteiger partial charge is 0.507 e. The second kappa shape index (κ2) is 9.13. The molecule has 1 saturated heterocycles. The van der Waals surface area contributed by atoms with Gasteiger partial charge in [-0.3, -0.25) is 9.69 Å². The summed E-state index contributed by atoms with van der Waals surface area (Å²) < 4.78 is 47.1. The van der Waals surface area contributed by atoms with Crippen LogP contribution in [0, 0.1) is 0 Å². The fraction of sp³-hybridized carbons (Fsp3) is 0.348. The summed E-state index contributed by atoms with van der Waals surface area (Å²) in [6.45, 7) is 3.13. The zero-order valence-electron chi connectivity index (χ0n) is 16.7.